The lowest BCUT2D eigenvalue weighted by atomic mass is 9.77. The molecule has 0 bridgehead atoms. The minimum Gasteiger partial charge on any atom is -0.398 e. The van der Waals surface area contributed by atoms with E-state index in [1.54, 1.807) is 6.92 Å². The summed E-state index contributed by atoms with van der Waals surface area (Å²) in [5.41, 5.74) is 9.41. The molecule has 1 aliphatic carbocycles. The van der Waals surface area contributed by atoms with Crippen LogP contribution in [0.5, 0.6) is 0 Å². The first kappa shape index (κ1) is 22.3. The fourth-order valence-electron chi connectivity index (χ4n) is 3.53. The molecule has 0 heterocycles. The SMILES string of the molecule is C=C(CC)c1ccc(CC2CCCC/C(NC)=C(/N)C2(C)F)cc1.CC. The second kappa shape index (κ2) is 10.4. The highest BCUT2D eigenvalue weighted by molar-refractivity contribution is 5.63. The van der Waals surface area contributed by atoms with Crippen molar-refractivity contribution in [1.82, 2.24) is 5.32 Å². The summed E-state index contributed by atoms with van der Waals surface area (Å²) in [6.45, 7) is 11.8. The lowest BCUT2D eigenvalue weighted by Gasteiger charge is -2.34. The van der Waals surface area contributed by atoms with Gasteiger partial charge in [-0.3, -0.25) is 0 Å². The normalized spacial score (nSPS) is 26.2. The van der Waals surface area contributed by atoms with Gasteiger partial charge in [-0.05, 0) is 55.7 Å². The Bertz CT molecular complexity index is 599. The maximum absolute atomic E-state index is 15.5. The Labute approximate surface area is 159 Å². The van der Waals surface area contributed by atoms with Crippen molar-refractivity contribution in [3.8, 4) is 0 Å². The zero-order valence-corrected chi connectivity index (χ0v) is 17.3. The molecule has 1 aliphatic rings. The fourth-order valence-corrected chi connectivity index (χ4v) is 3.53. The largest absolute Gasteiger partial charge is 0.398 e. The third-order valence-electron chi connectivity index (χ3n) is 5.42. The van der Waals surface area contributed by atoms with Crippen molar-refractivity contribution in [2.24, 2.45) is 11.7 Å². The molecule has 3 heteroatoms. The molecule has 2 rings (SSSR count). The second-order valence-corrected chi connectivity index (χ2v) is 7.02. The van der Waals surface area contributed by atoms with Gasteiger partial charge >= 0.3 is 0 Å². The van der Waals surface area contributed by atoms with Gasteiger partial charge in [-0.25, -0.2) is 4.39 Å². The molecule has 0 aromatic heterocycles. The smallest absolute Gasteiger partial charge is 0.152 e. The molecule has 3 N–H and O–H groups in total. The molecule has 0 spiro atoms. The Morgan fingerprint density at radius 1 is 1.27 bits per heavy atom. The number of rotatable bonds is 5. The molecule has 26 heavy (non-hydrogen) atoms. The van der Waals surface area contributed by atoms with Crippen LogP contribution in [-0.2, 0) is 6.42 Å². The summed E-state index contributed by atoms with van der Waals surface area (Å²) in [6, 6.07) is 8.39. The second-order valence-electron chi connectivity index (χ2n) is 7.02. The van der Waals surface area contributed by atoms with Crippen LogP contribution < -0.4 is 11.1 Å². The first-order valence-electron chi connectivity index (χ1n) is 10.0. The first-order chi connectivity index (χ1) is 12.4. The average Bonchev–Trinajstić information content (AvgIpc) is 2.67. The van der Waals surface area contributed by atoms with E-state index in [9.17, 15) is 0 Å². The number of nitrogens with two attached hydrogens (primary N) is 1. The van der Waals surface area contributed by atoms with Crippen LogP contribution in [0.15, 0.2) is 42.2 Å². The topological polar surface area (TPSA) is 38.0 Å². The quantitative estimate of drug-likeness (QED) is 0.677. The van der Waals surface area contributed by atoms with Gasteiger partial charge < -0.3 is 11.1 Å². The molecule has 0 radical (unpaired) electrons. The molecule has 0 saturated heterocycles. The van der Waals surface area contributed by atoms with Crippen molar-refractivity contribution in [2.45, 2.75) is 71.9 Å². The molecule has 2 nitrogen and oxygen atoms in total. The Morgan fingerprint density at radius 2 is 1.88 bits per heavy atom. The number of halogens is 1. The molecule has 0 aliphatic heterocycles. The third kappa shape index (κ3) is 5.36. The van der Waals surface area contributed by atoms with Crippen molar-refractivity contribution in [1.29, 1.82) is 0 Å². The molecule has 0 fully saturated rings. The number of nitrogens with one attached hydrogen (secondary N) is 1. The van der Waals surface area contributed by atoms with Crippen LogP contribution in [0.4, 0.5) is 4.39 Å². The maximum atomic E-state index is 15.5. The highest BCUT2D eigenvalue weighted by Gasteiger charge is 2.39. The van der Waals surface area contributed by atoms with Crippen molar-refractivity contribution in [3.05, 3.63) is 53.4 Å². The number of benzene rings is 1. The molecule has 2 unspecified atom stereocenters. The van der Waals surface area contributed by atoms with Crippen LogP contribution in [0.1, 0.15) is 70.9 Å². The predicted molar refractivity (Wildman–Crippen MR) is 113 cm³/mol. The van der Waals surface area contributed by atoms with Crippen molar-refractivity contribution >= 4 is 5.57 Å². The Kier molecular flexibility index (Phi) is 8.91. The van der Waals surface area contributed by atoms with Gasteiger partial charge in [0.1, 0.15) is 0 Å². The highest BCUT2D eigenvalue weighted by atomic mass is 19.1. The summed E-state index contributed by atoms with van der Waals surface area (Å²) in [4.78, 5) is 0. The van der Waals surface area contributed by atoms with Crippen molar-refractivity contribution in [2.75, 3.05) is 7.05 Å². The van der Waals surface area contributed by atoms with Crippen LogP contribution in [0.2, 0.25) is 0 Å². The molecular formula is C23H37FN2. The average molecular weight is 361 g/mol. The van der Waals surface area contributed by atoms with Gasteiger partial charge in [0.05, 0.1) is 5.70 Å². The summed E-state index contributed by atoms with van der Waals surface area (Å²) in [5, 5.41) is 3.09. The third-order valence-corrected chi connectivity index (χ3v) is 5.42. The van der Waals surface area contributed by atoms with Gasteiger partial charge in [0.2, 0.25) is 0 Å². The van der Waals surface area contributed by atoms with Gasteiger partial charge in [-0.2, -0.15) is 0 Å². The zero-order valence-electron chi connectivity index (χ0n) is 17.3. The summed E-state index contributed by atoms with van der Waals surface area (Å²) in [7, 11) is 1.83. The van der Waals surface area contributed by atoms with Crippen molar-refractivity contribution in [3.63, 3.8) is 0 Å². The number of alkyl halides is 1. The summed E-state index contributed by atoms with van der Waals surface area (Å²) < 4.78 is 15.5. The molecule has 0 amide bonds. The van der Waals surface area contributed by atoms with E-state index in [0.29, 0.717) is 12.1 Å². The zero-order chi connectivity index (χ0) is 19.7. The van der Waals surface area contributed by atoms with Gasteiger partial charge in [-0.15, -0.1) is 0 Å². The van der Waals surface area contributed by atoms with E-state index >= 15 is 4.39 Å². The molecule has 1 aromatic carbocycles. The van der Waals surface area contributed by atoms with E-state index in [-0.39, 0.29) is 5.92 Å². The number of allylic oxidation sites excluding steroid dienone is 3. The molecular weight excluding hydrogens is 323 g/mol. The van der Waals surface area contributed by atoms with Gasteiger partial charge in [-0.1, -0.05) is 58.0 Å². The summed E-state index contributed by atoms with van der Waals surface area (Å²) >= 11 is 0. The number of hydrogen-bond donors (Lipinski definition) is 2. The molecule has 2 atom stereocenters. The van der Waals surface area contributed by atoms with E-state index in [1.165, 1.54) is 5.56 Å². The standard InChI is InChI=1S/C21H31FN2.C2H6/c1-5-15(2)17-12-10-16(11-13-17)14-18-8-6-7-9-19(24-4)20(23)21(18,3)22;1-2/h10-13,18,24H,2,5-9,14,23H2,1,3-4H3;1-2H3/b20-19-;. The number of hydrogen-bond acceptors (Lipinski definition) is 2. The van der Waals surface area contributed by atoms with Gasteiger partial charge in [0, 0.05) is 18.7 Å². The van der Waals surface area contributed by atoms with E-state index in [4.69, 9.17) is 5.73 Å². The molecule has 0 saturated carbocycles. The lowest BCUT2D eigenvalue weighted by molar-refractivity contribution is 0.126. The van der Waals surface area contributed by atoms with Crippen LogP contribution in [0.3, 0.4) is 0 Å². The monoisotopic (exact) mass is 360 g/mol. The van der Waals surface area contributed by atoms with Crippen LogP contribution in [0, 0.1) is 5.92 Å². The minimum absolute atomic E-state index is 0.0959. The van der Waals surface area contributed by atoms with Gasteiger partial charge in [0.25, 0.3) is 0 Å². The van der Waals surface area contributed by atoms with Crippen LogP contribution in [-0.4, -0.2) is 12.7 Å². The summed E-state index contributed by atoms with van der Waals surface area (Å²) in [5.74, 6) is -0.0959. The van der Waals surface area contributed by atoms with Gasteiger partial charge in [0.15, 0.2) is 5.67 Å². The molecule has 146 valence electrons. The highest BCUT2D eigenvalue weighted by Crippen LogP contribution is 2.37. The van der Waals surface area contributed by atoms with Crippen LogP contribution >= 0.6 is 0 Å². The first-order valence-corrected chi connectivity index (χ1v) is 10.0. The van der Waals surface area contributed by atoms with Crippen molar-refractivity contribution < 1.29 is 4.39 Å². The Hall–Kier alpha value is -1.77. The van der Waals surface area contributed by atoms with E-state index < -0.39 is 5.67 Å². The maximum Gasteiger partial charge on any atom is 0.152 e. The minimum atomic E-state index is -1.48. The van der Waals surface area contributed by atoms with E-state index in [2.05, 4.69) is 43.1 Å². The fraction of sp³-hybridized carbons (Fsp3) is 0.565. The predicted octanol–water partition coefficient (Wildman–Crippen LogP) is 5.99. The van der Waals surface area contributed by atoms with E-state index in [1.807, 2.05) is 20.9 Å². The summed E-state index contributed by atoms with van der Waals surface area (Å²) in [6.07, 6.45) is 5.45. The Morgan fingerprint density at radius 3 is 2.42 bits per heavy atom. The van der Waals surface area contributed by atoms with Crippen LogP contribution in [0.25, 0.3) is 5.57 Å². The Balaban J connectivity index is 0.00000163. The molecule has 1 aromatic rings. The van der Waals surface area contributed by atoms with E-state index in [0.717, 1.165) is 48.9 Å². The lowest BCUT2D eigenvalue weighted by Crippen LogP contribution is -2.40.